The second kappa shape index (κ2) is 5.08. The fourth-order valence-corrected chi connectivity index (χ4v) is 2.41. The predicted molar refractivity (Wildman–Crippen MR) is 68.4 cm³/mol. The van der Waals surface area contributed by atoms with Crippen LogP contribution in [-0.2, 0) is 23.6 Å². The summed E-state index contributed by atoms with van der Waals surface area (Å²) in [6.45, 7) is 1.44. The molecule has 1 unspecified atom stereocenters. The Hall–Kier alpha value is -1.39. The topological polar surface area (TPSA) is 39.9 Å². The van der Waals surface area contributed by atoms with Crippen molar-refractivity contribution in [3.05, 3.63) is 47.3 Å². The number of hydrogen-bond acceptors (Lipinski definition) is 3. The van der Waals surface area contributed by atoms with Gasteiger partial charge in [0.2, 0.25) is 0 Å². The van der Waals surface area contributed by atoms with E-state index in [9.17, 15) is 0 Å². The molecule has 18 heavy (non-hydrogen) atoms. The van der Waals surface area contributed by atoms with Crippen LogP contribution in [0, 0.1) is 0 Å². The first-order chi connectivity index (χ1) is 8.86. The van der Waals surface area contributed by atoms with Gasteiger partial charge in [-0.3, -0.25) is 0 Å². The van der Waals surface area contributed by atoms with Crippen molar-refractivity contribution < 1.29 is 4.74 Å². The van der Waals surface area contributed by atoms with E-state index in [1.54, 1.807) is 4.68 Å². The fraction of sp³-hybridized carbons (Fsp3) is 0.385. The molecule has 2 heterocycles. The van der Waals surface area contributed by atoms with Crippen LogP contribution in [0.1, 0.15) is 22.9 Å². The van der Waals surface area contributed by atoms with Crippen LogP contribution in [0.3, 0.4) is 0 Å². The molecular formula is C13H14ClN3O. The predicted octanol–water partition coefficient (Wildman–Crippen LogP) is 2.33. The largest absolute Gasteiger partial charge is 0.371 e. The zero-order valence-electron chi connectivity index (χ0n) is 9.92. The van der Waals surface area contributed by atoms with Crippen LogP contribution in [0.15, 0.2) is 30.5 Å². The zero-order chi connectivity index (χ0) is 12.4. The van der Waals surface area contributed by atoms with Gasteiger partial charge in [0.25, 0.3) is 0 Å². The third kappa shape index (κ3) is 2.26. The molecule has 1 aliphatic heterocycles. The number of aromatic nitrogens is 3. The standard InChI is InChI=1S/C13H14ClN3O/c14-7-11-8-17(16-15-11)9-13-12-4-2-1-3-10(12)5-6-18-13/h1-4,8,13H,5-7,9H2. The number of ether oxygens (including phenoxy) is 1. The molecule has 94 valence electrons. The highest BCUT2D eigenvalue weighted by atomic mass is 35.5. The first-order valence-electron chi connectivity index (χ1n) is 6.01. The molecule has 0 saturated heterocycles. The summed E-state index contributed by atoms with van der Waals surface area (Å²) in [5.41, 5.74) is 3.42. The van der Waals surface area contributed by atoms with Gasteiger partial charge in [0, 0.05) is 6.20 Å². The highest BCUT2D eigenvalue weighted by Gasteiger charge is 2.21. The Balaban J connectivity index is 1.81. The molecule has 2 aromatic rings. The summed E-state index contributed by atoms with van der Waals surface area (Å²) in [4.78, 5) is 0. The first kappa shape index (κ1) is 11.7. The minimum atomic E-state index is 0.0554. The van der Waals surface area contributed by atoms with Crippen molar-refractivity contribution >= 4 is 11.6 Å². The molecule has 4 nitrogen and oxygen atoms in total. The second-order valence-corrected chi connectivity index (χ2v) is 4.64. The SMILES string of the molecule is ClCc1cn(CC2OCCc3ccccc32)nn1. The zero-order valence-corrected chi connectivity index (χ0v) is 10.7. The van der Waals surface area contributed by atoms with Gasteiger partial charge < -0.3 is 4.74 Å². The number of fused-ring (bicyclic) bond motifs is 1. The van der Waals surface area contributed by atoms with Crippen molar-refractivity contribution in [2.24, 2.45) is 0 Å². The maximum atomic E-state index is 5.83. The Morgan fingerprint density at radius 1 is 1.39 bits per heavy atom. The third-order valence-electron chi connectivity index (χ3n) is 3.17. The smallest absolute Gasteiger partial charge is 0.102 e. The van der Waals surface area contributed by atoms with Gasteiger partial charge in [0.05, 0.1) is 24.7 Å². The average Bonchev–Trinajstić information content (AvgIpc) is 2.87. The summed E-state index contributed by atoms with van der Waals surface area (Å²) in [6.07, 6.45) is 2.91. The molecule has 0 saturated carbocycles. The number of hydrogen-bond donors (Lipinski definition) is 0. The normalized spacial score (nSPS) is 18.6. The van der Waals surface area contributed by atoms with E-state index in [1.807, 2.05) is 12.3 Å². The van der Waals surface area contributed by atoms with Crippen molar-refractivity contribution in [3.8, 4) is 0 Å². The highest BCUT2D eigenvalue weighted by Crippen LogP contribution is 2.27. The van der Waals surface area contributed by atoms with E-state index in [4.69, 9.17) is 16.3 Å². The van der Waals surface area contributed by atoms with Crippen molar-refractivity contribution in [3.63, 3.8) is 0 Å². The molecule has 0 amide bonds. The molecule has 0 aliphatic carbocycles. The number of alkyl halides is 1. The third-order valence-corrected chi connectivity index (χ3v) is 3.44. The molecule has 1 aromatic heterocycles. The molecule has 0 fully saturated rings. The van der Waals surface area contributed by atoms with E-state index in [-0.39, 0.29) is 6.10 Å². The van der Waals surface area contributed by atoms with Crippen molar-refractivity contribution in [1.29, 1.82) is 0 Å². The lowest BCUT2D eigenvalue weighted by molar-refractivity contribution is 0.0279. The summed E-state index contributed by atoms with van der Waals surface area (Å²) in [5.74, 6) is 0.391. The van der Waals surface area contributed by atoms with E-state index < -0.39 is 0 Å². The number of rotatable bonds is 3. The van der Waals surface area contributed by atoms with Gasteiger partial charge in [-0.15, -0.1) is 16.7 Å². The highest BCUT2D eigenvalue weighted by molar-refractivity contribution is 6.16. The summed E-state index contributed by atoms with van der Waals surface area (Å²) in [6, 6.07) is 8.41. The number of halogens is 1. The molecule has 0 spiro atoms. The van der Waals surface area contributed by atoms with Gasteiger partial charge in [-0.2, -0.15) is 0 Å². The molecule has 1 aliphatic rings. The van der Waals surface area contributed by atoms with Crippen molar-refractivity contribution in [2.45, 2.75) is 24.9 Å². The summed E-state index contributed by atoms with van der Waals surface area (Å²) >= 11 is 5.72. The Kier molecular flexibility index (Phi) is 3.30. The Labute approximate surface area is 111 Å². The molecule has 1 aromatic carbocycles. The minimum absolute atomic E-state index is 0.0554. The van der Waals surface area contributed by atoms with Crippen LogP contribution >= 0.6 is 11.6 Å². The first-order valence-corrected chi connectivity index (χ1v) is 6.54. The quantitative estimate of drug-likeness (QED) is 0.798. The Morgan fingerprint density at radius 2 is 2.28 bits per heavy atom. The molecule has 5 heteroatoms. The van der Waals surface area contributed by atoms with Crippen LogP contribution in [0.4, 0.5) is 0 Å². The molecular weight excluding hydrogens is 250 g/mol. The van der Waals surface area contributed by atoms with Crippen LogP contribution in [0.25, 0.3) is 0 Å². The van der Waals surface area contributed by atoms with E-state index in [0.717, 1.165) is 18.7 Å². The summed E-state index contributed by atoms with van der Waals surface area (Å²) in [5, 5.41) is 8.04. The van der Waals surface area contributed by atoms with Crippen molar-refractivity contribution in [1.82, 2.24) is 15.0 Å². The van der Waals surface area contributed by atoms with Gasteiger partial charge >= 0.3 is 0 Å². The monoisotopic (exact) mass is 263 g/mol. The lowest BCUT2D eigenvalue weighted by Gasteiger charge is -2.25. The van der Waals surface area contributed by atoms with Crippen LogP contribution in [0.2, 0.25) is 0 Å². The van der Waals surface area contributed by atoms with E-state index in [2.05, 4.69) is 28.5 Å². The summed E-state index contributed by atoms with van der Waals surface area (Å²) < 4.78 is 7.63. The Bertz CT molecular complexity index is 541. The van der Waals surface area contributed by atoms with Crippen molar-refractivity contribution in [2.75, 3.05) is 6.61 Å². The van der Waals surface area contributed by atoms with E-state index in [1.165, 1.54) is 11.1 Å². The van der Waals surface area contributed by atoms with Crippen LogP contribution in [-0.4, -0.2) is 21.6 Å². The van der Waals surface area contributed by atoms with E-state index >= 15 is 0 Å². The maximum absolute atomic E-state index is 5.83. The molecule has 1 atom stereocenters. The van der Waals surface area contributed by atoms with Gasteiger partial charge in [0.15, 0.2) is 0 Å². The molecule has 0 radical (unpaired) electrons. The lowest BCUT2D eigenvalue weighted by Crippen LogP contribution is -2.20. The Morgan fingerprint density at radius 3 is 3.11 bits per heavy atom. The van der Waals surface area contributed by atoms with E-state index in [0.29, 0.717) is 12.4 Å². The maximum Gasteiger partial charge on any atom is 0.102 e. The summed E-state index contributed by atoms with van der Waals surface area (Å²) in [7, 11) is 0. The number of nitrogens with zero attached hydrogens (tertiary/aromatic N) is 3. The van der Waals surface area contributed by atoms with Gasteiger partial charge in [-0.1, -0.05) is 29.5 Å². The second-order valence-electron chi connectivity index (χ2n) is 4.37. The molecule has 0 N–H and O–H groups in total. The van der Waals surface area contributed by atoms with Gasteiger partial charge in [-0.25, -0.2) is 4.68 Å². The lowest BCUT2D eigenvalue weighted by atomic mass is 9.98. The van der Waals surface area contributed by atoms with Crippen LogP contribution < -0.4 is 0 Å². The fourth-order valence-electron chi connectivity index (χ4n) is 2.29. The van der Waals surface area contributed by atoms with Gasteiger partial charge in [-0.05, 0) is 17.5 Å². The minimum Gasteiger partial charge on any atom is -0.371 e. The average molecular weight is 264 g/mol. The number of benzene rings is 1. The molecule has 3 rings (SSSR count). The van der Waals surface area contributed by atoms with Crippen LogP contribution in [0.5, 0.6) is 0 Å². The molecule has 0 bridgehead atoms. The van der Waals surface area contributed by atoms with Gasteiger partial charge in [0.1, 0.15) is 6.10 Å².